The van der Waals surface area contributed by atoms with Crippen molar-refractivity contribution in [3.8, 4) is 6.07 Å². The van der Waals surface area contributed by atoms with E-state index < -0.39 is 6.10 Å². The quantitative estimate of drug-likeness (QED) is 0.830. The molecule has 2 N–H and O–H groups in total. The number of carbonyl (C=O) groups excluding carboxylic acids is 1. The van der Waals surface area contributed by atoms with Gasteiger partial charge in [-0.05, 0) is 24.5 Å². The Morgan fingerprint density at radius 2 is 2.11 bits per heavy atom. The molecule has 4 nitrogen and oxygen atoms in total. The number of carbonyl (C=O) groups is 1. The van der Waals surface area contributed by atoms with Crippen LogP contribution in [0.3, 0.4) is 0 Å². The monoisotopic (exact) mass is 246 g/mol. The third kappa shape index (κ3) is 3.86. The molecule has 0 aliphatic heterocycles. The zero-order valence-corrected chi connectivity index (χ0v) is 10.7. The van der Waals surface area contributed by atoms with Crippen LogP contribution in [0.15, 0.2) is 24.3 Å². The maximum Gasteiger partial charge on any atom is 0.252 e. The van der Waals surface area contributed by atoms with Crippen LogP contribution in [-0.2, 0) is 0 Å². The number of amides is 1. The van der Waals surface area contributed by atoms with Crippen LogP contribution in [-0.4, -0.2) is 23.7 Å². The summed E-state index contributed by atoms with van der Waals surface area (Å²) in [4.78, 5) is 11.8. The van der Waals surface area contributed by atoms with Crippen molar-refractivity contribution in [2.24, 2.45) is 5.92 Å². The zero-order valence-electron chi connectivity index (χ0n) is 10.7. The summed E-state index contributed by atoms with van der Waals surface area (Å²) in [5.74, 6) is -0.101. The fourth-order valence-electron chi connectivity index (χ4n) is 1.54. The number of hydrogen-bond acceptors (Lipinski definition) is 3. The van der Waals surface area contributed by atoms with Gasteiger partial charge >= 0.3 is 0 Å². The van der Waals surface area contributed by atoms with E-state index in [9.17, 15) is 9.90 Å². The van der Waals surface area contributed by atoms with Gasteiger partial charge in [-0.25, -0.2) is 0 Å². The van der Waals surface area contributed by atoms with E-state index in [0.29, 0.717) is 24.1 Å². The zero-order chi connectivity index (χ0) is 13.5. The van der Waals surface area contributed by atoms with Gasteiger partial charge < -0.3 is 10.4 Å². The topological polar surface area (TPSA) is 73.1 Å². The van der Waals surface area contributed by atoms with Crippen LogP contribution in [0.25, 0.3) is 0 Å². The summed E-state index contributed by atoms with van der Waals surface area (Å²) in [6, 6.07) is 8.65. The van der Waals surface area contributed by atoms with Crippen LogP contribution in [0.2, 0.25) is 0 Å². The Labute approximate surface area is 107 Å². The number of nitrogens with one attached hydrogen (secondary N) is 1. The number of rotatable bonds is 5. The van der Waals surface area contributed by atoms with Crippen LogP contribution in [0.1, 0.15) is 36.2 Å². The minimum absolute atomic E-state index is 0.174. The predicted molar refractivity (Wildman–Crippen MR) is 69.0 cm³/mol. The fraction of sp³-hybridized carbons (Fsp3) is 0.429. The van der Waals surface area contributed by atoms with Gasteiger partial charge in [0.15, 0.2) is 0 Å². The Morgan fingerprint density at radius 1 is 1.44 bits per heavy atom. The second-order valence-electron chi connectivity index (χ2n) is 4.51. The summed E-state index contributed by atoms with van der Waals surface area (Å²) in [6.45, 7) is 4.26. The first-order valence-corrected chi connectivity index (χ1v) is 6.01. The molecule has 0 spiro atoms. The maximum atomic E-state index is 11.8. The number of aliphatic hydroxyl groups is 1. The average Bonchev–Trinajstić information content (AvgIpc) is 2.38. The molecule has 96 valence electrons. The second-order valence-corrected chi connectivity index (χ2v) is 4.51. The molecule has 1 unspecified atom stereocenters. The third-order valence-electron chi connectivity index (χ3n) is 2.79. The molecular weight excluding hydrogens is 228 g/mol. The van der Waals surface area contributed by atoms with Crippen molar-refractivity contribution in [1.82, 2.24) is 5.32 Å². The lowest BCUT2D eigenvalue weighted by atomic mass is 10.0. The van der Waals surface area contributed by atoms with Crippen molar-refractivity contribution in [2.75, 3.05) is 6.54 Å². The lowest BCUT2D eigenvalue weighted by Gasteiger charge is -2.14. The van der Waals surface area contributed by atoms with Crippen LogP contribution >= 0.6 is 0 Å². The molecule has 0 bridgehead atoms. The molecule has 0 fully saturated rings. The van der Waals surface area contributed by atoms with Crippen LogP contribution in [0.5, 0.6) is 0 Å². The number of nitrogens with zero attached hydrogens (tertiary/aromatic N) is 1. The molecule has 1 aromatic rings. The van der Waals surface area contributed by atoms with Gasteiger partial charge in [-0.15, -0.1) is 0 Å². The first-order chi connectivity index (χ1) is 8.56. The molecule has 1 rings (SSSR count). The molecule has 0 aromatic heterocycles. The largest absolute Gasteiger partial charge is 0.393 e. The molecule has 4 heteroatoms. The maximum absolute atomic E-state index is 11.8. The van der Waals surface area contributed by atoms with E-state index in [2.05, 4.69) is 5.32 Å². The summed E-state index contributed by atoms with van der Waals surface area (Å²) in [7, 11) is 0. The molecular formula is C14H18N2O2. The molecule has 1 amide bonds. The van der Waals surface area contributed by atoms with Crippen molar-refractivity contribution in [1.29, 1.82) is 5.26 Å². The van der Waals surface area contributed by atoms with Crippen LogP contribution < -0.4 is 5.32 Å². The van der Waals surface area contributed by atoms with Crippen molar-refractivity contribution >= 4 is 5.91 Å². The normalized spacial score (nSPS) is 11.9. The minimum atomic E-state index is -0.420. The highest BCUT2D eigenvalue weighted by molar-refractivity contribution is 5.96. The molecule has 0 saturated heterocycles. The standard InChI is InChI=1S/C14H18N2O2/c1-10(2)13(17)7-8-16-14(18)12-6-4-3-5-11(12)9-15/h3-6,10,13,17H,7-8H2,1-2H3,(H,16,18). The summed E-state index contributed by atoms with van der Waals surface area (Å²) in [5.41, 5.74) is 0.735. The molecule has 0 heterocycles. The van der Waals surface area contributed by atoms with Crippen molar-refractivity contribution in [2.45, 2.75) is 26.4 Å². The highest BCUT2D eigenvalue weighted by atomic mass is 16.3. The molecule has 0 saturated carbocycles. The Hall–Kier alpha value is -1.86. The summed E-state index contributed by atoms with van der Waals surface area (Å²) in [6.07, 6.45) is 0.0921. The number of nitriles is 1. The predicted octanol–water partition coefficient (Wildman–Crippen LogP) is 1.70. The molecule has 0 aliphatic rings. The van der Waals surface area contributed by atoms with Crippen LogP contribution in [0, 0.1) is 17.2 Å². The van der Waals surface area contributed by atoms with Gasteiger partial charge in [-0.2, -0.15) is 5.26 Å². The lowest BCUT2D eigenvalue weighted by Crippen LogP contribution is -2.29. The van der Waals surface area contributed by atoms with E-state index in [1.54, 1.807) is 24.3 Å². The lowest BCUT2D eigenvalue weighted by molar-refractivity contribution is 0.0920. The smallest absolute Gasteiger partial charge is 0.252 e. The van der Waals surface area contributed by atoms with Crippen LogP contribution in [0.4, 0.5) is 0 Å². The van der Waals surface area contributed by atoms with E-state index >= 15 is 0 Å². The van der Waals surface area contributed by atoms with Crippen molar-refractivity contribution in [3.63, 3.8) is 0 Å². The first kappa shape index (κ1) is 14.2. The Bertz CT molecular complexity index is 449. The van der Waals surface area contributed by atoms with Crippen molar-refractivity contribution in [3.05, 3.63) is 35.4 Å². The summed E-state index contributed by atoms with van der Waals surface area (Å²) in [5, 5.41) is 21.2. The molecule has 0 aliphatic carbocycles. The minimum Gasteiger partial charge on any atom is -0.393 e. The fourth-order valence-corrected chi connectivity index (χ4v) is 1.54. The average molecular weight is 246 g/mol. The number of benzene rings is 1. The first-order valence-electron chi connectivity index (χ1n) is 6.01. The number of hydrogen-bond donors (Lipinski definition) is 2. The van der Waals surface area contributed by atoms with E-state index in [4.69, 9.17) is 5.26 Å². The van der Waals surface area contributed by atoms with E-state index in [0.717, 1.165) is 0 Å². The molecule has 0 radical (unpaired) electrons. The van der Waals surface area contributed by atoms with Gasteiger partial charge in [0.05, 0.1) is 23.3 Å². The Kier molecular flexibility index (Phi) is 5.34. The second kappa shape index (κ2) is 6.77. The number of aliphatic hydroxyl groups excluding tert-OH is 1. The Balaban J connectivity index is 2.54. The highest BCUT2D eigenvalue weighted by Gasteiger charge is 2.12. The molecule has 1 aromatic carbocycles. The van der Waals surface area contributed by atoms with Gasteiger partial charge in [0.2, 0.25) is 0 Å². The highest BCUT2D eigenvalue weighted by Crippen LogP contribution is 2.08. The molecule has 1 atom stereocenters. The van der Waals surface area contributed by atoms with Crippen molar-refractivity contribution < 1.29 is 9.90 Å². The molecule has 18 heavy (non-hydrogen) atoms. The Morgan fingerprint density at radius 3 is 2.72 bits per heavy atom. The SMILES string of the molecule is CC(C)C(O)CCNC(=O)c1ccccc1C#N. The van der Waals surface area contributed by atoms with Gasteiger partial charge in [0.1, 0.15) is 0 Å². The van der Waals surface area contributed by atoms with Gasteiger partial charge in [0.25, 0.3) is 5.91 Å². The summed E-state index contributed by atoms with van der Waals surface area (Å²) < 4.78 is 0. The van der Waals surface area contributed by atoms with Gasteiger partial charge in [0, 0.05) is 6.54 Å². The third-order valence-corrected chi connectivity index (χ3v) is 2.79. The van der Waals surface area contributed by atoms with Gasteiger partial charge in [-0.1, -0.05) is 26.0 Å². The van der Waals surface area contributed by atoms with E-state index in [1.807, 2.05) is 19.9 Å². The summed E-state index contributed by atoms with van der Waals surface area (Å²) >= 11 is 0. The van der Waals surface area contributed by atoms with E-state index in [-0.39, 0.29) is 11.8 Å². The van der Waals surface area contributed by atoms with E-state index in [1.165, 1.54) is 0 Å². The van der Waals surface area contributed by atoms with Gasteiger partial charge in [-0.3, -0.25) is 4.79 Å².